The number of halogens is 2. The van der Waals surface area contributed by atoms with Crippen LogP contribution < -0.4 is 9.62 Å². The van der Waals surface area contributed by atoms with Crippen molar-refractivity contribution in [2.45, 2.75) is 57.2 Å². The molecule has 1 fully saturated rings. The van der Waals surface area contributed by atoms with E-state index in [2.05, 4.69) is 5.32 Å². The zero-order valence-electron chi connectivity index (χ0n) is 23.0. The largest absolute Gasteiger partial charge is 0.352 e. The highest BCUT2D eigenvalue weighted by Gasteiger charge is 2.34. The molecule has 1 atom stereocenters. The second-order valence-corrected chi connectivity index (χ2v) is 13.2. The predicted molar refractivity (Wildman–Crippen MR) is 165 cm³/mol. The fourth-order valence-electron chi connectivity index (χ4n) is 5.13. The summed E-state index contributed by atoms with van der Waals surface area (Å²) >= 11 is 12.5. The zero-order chi connectivity index (χ0) is 29.4. The number of carbonyl (C=O) groups is 2. The Labute approximate surface area is 252 Å². The van der Waals surface area contributed by atoms with Crippen LogP contribution in [-0.2, 0) is 32.6 Å². The van der Waals surface area contributed by atoms with Crippen molar-refractivity contribution < 1.29 is 18.0 Å². The van der Waals surface area contributed by atoms with Crippen molar-refractivity contribution in [3.8, 4) is 0 Å². The summed E-state index contributed by atoms with van der Waals surface area (Å²) in [4.78, 5) is 29.6. The van der Waals surface area contributed by atoms with Crippen LogP contribution in [0.3, 0.4) is 0 Å². The van der Waals surface area contributed by atoms with E-state index in [9.17, 15) is 18.0 Å². The van der Waals surface area contributed by atoms with Gasteiger partial charge in [-0.3, -0.25) is 13.9 Å². The number of hydrogen-bond donors (Lipinski definition) is 1. The molecule has 1 aliphatic carbocycles. The van der Waals surface area contributed by atoms with E-state index in [0.29, 0.717) is 21.3 Å². The highest BCUT2D eigenvalue weighted by molar-refractivity contribution is 7.92. The first-order valence-electron chi connectivity index (χ1n) is 13.7. The first kappa shape index (κ1) is 30.9. The van der Waals surface area contributed by atoms with Crippen molar-refractivity contribution in [2.75, 3.05) is 17.1 Å². The van der Waals surface area contributed by atoms with Gasteiger partial charge < -0.3 is 10.2 Å². The number of benzene rings is 3. The Morgan fingerprint density at radius 1 is 0.902 bits per heavy atom. The number of nitrogens with one attached hydrogen (secondary N) is 1. The zero-order valence-corrected chi connectivity index (χ0v) is 25.3. The number of amides is 2. The summed E-state index contributed by atoms with van der Waals surface area (Å²) in [5.41, 5.74) is 1.84. The van der Waals surface area contributed by atoms with Gasteiger partial charge in [0.25, 0.3) is 0 Å². The molecule has 0 aliphatic heterocycles. The van der Waals surface area contributed by atoms with E-state index < -0.39 is 28.5 Å². The van der Waals surface area contributed by atoms with Crippen molar-refractivity contribution in [3.63, 3.8) is 0 Å². The molecular formula is C31H35Cl2N3O4S. The molecular weight excluding hydrogens is 581 g/mol. The Morgan fingerprint density at radius 2 is 1.54 bits per heavy atom. The molecule has 1 aliphatic rings. The monoisotopic (exact) mass is 615 g/mol. The third-order valence-electron chi connectivity index (χ3n) is 7.31. The molecule has 0 spiro atoms. The van der Waals surface area contributed by atoms with Crippen LogP contribution in [0.15, 0.2) is 78.9 Å². The fraction of sp³-hybridized carbons (Fsp3) is 0.355. The molecule has 0 radical (unpaired) electrons. The molecule has 3 aromatic carbocycles. The van der Waals surface area contributed by atoms with Gasteiger partial charge in [-0.05, 0) is 54.3 Å². The molecule has 0 aromatic heterocycles. The number of hydrogen-bond acceptors (Lipinski definition) is 4. The lowest BCUT2D eigenvalue weighted by Gasteiger charge is -2.35. The molecule has 218 valence electrons. The molecule has 0 heterocycles. The van der Waals surface area contributed by atoms with Crippen LogP contribution >= 0.6 is 23.2 Å². The Balaban J connectivity index is 1.72. The molecule has 10 heteroatoms. The van der Waals surface area contributed by atoms with E-state index in [4.69, 9.17) is 23.2 Å². The van der Waals surface area contributed by atoms with Crippen LogP contribution in [0.1, 0.15) is 43.2 Å². The highest BCUT2D eigenvalue weighted by Crippen LogP contribution is 2.25. The lowest BCUT2D eigenvalue weighted by Crippen LogP contribution is -2.55. The van der Waals surface area contributed by atoms with Crippen LogP contribution in [0.25, 0.3) is 0 Å². The van der Waals surface area contributed by atoms with Crippen molar-refractivity contribution in [2.24, 2.45) is 0 Å². The maximum Gasteiger partial charge on any atom is 0.244 e. The van der Waals surface area contributed by atoms with Gasteiger partial charge in [-0.25, -0.2) is 8.42 Å². The number of sulfonamides is 1. The topological polar surface area (TPSA) is 86.8 Å². The third-order valence-corrected chi connectivity index (χ3v) is 9.08. The van der Waals surface area contributed by atoms with Crippen LogP contribution in [0.5, 0.6) is 0 Å². The molecule has 2 amide bonds. The van der Waals surface area contributed by atoms with Gasteiger partial charge in [0.1, 0.15) is 12.6 Å². The number of carbonyl (C=O) groups excluding carboxylic acids is 2. The Bertz CT molecular complexity index is 1430. The second-order valence-electron chi connectivity index (χ2n) is 10.4. The maximum absolute atomic E-state index is 14.2. The van der Waals surface area contributed by atoms with Crippen LogP contribution in [0, 0.1) is 0 Å². The molecule has 4 rings (SSSR count). The smallest absolute Gasteiger partial charge is 0.244 e. The van der Waals surface area contributed by atoms with E-state index in [-0.39, 0.29) is 24.9 Å². The quantitative estimate of drug-likeness (QED) is 0.293. The van der Waals surface area contributed by atoms with E-state index >= 15 is 0 Å². The summed E-state index contributed by atoms with van der Waals surface area (Å²) in [6.45, 7) is -0.459. The first-order chi connectivity index (χ1) is 19.6. The van der Waals surface area contributed by atoms with E-state index in [1.807, 2.05) is 36.4 Å². The average molecular weight is 617 g/mol. The Kier molecular flexibility index (Phi) is 10.7. The molecule has 7 nitrogen and oxygen atoms in total. The molecule has 0 saturated heterocycles. The predicted octanol–water partition coefficient (Wildman–Crippen LogP) is 5.85. The van der Waals surface area contributed by atoms with Crippen molar-refractivity contribution in [1.29, 1.82) is 0 Å². The summed E-state index contributed by atoms with van der Waals surface area (Å²) in [7, 11) is -3.85. The fourth-order valence-corrected chi connectivity index (χ4v) is 6.30. The number of anilines is 1. The van der Waals surface area contributed by atoms with Crippen molar-refractivity contribution in [1.82, 2.24) is 10.2 Å². The van der Waals surface area contributed by atoms with Gasteiger partial charge in [0.15, 0.2) is 0 Å². The molecule has 1 N–H and O–H groups in total. The summed E-state index contributed by atoms with van der Waals surface area (Å²) in [6, 6.07) is 22.0. The molecule has 0 unspecified atom stereocenters. The van der Waals surface area contributed by atoms with Crippen LogP contribution in [0.2, 0.25) is 10.0 Å². The van der Waals surface area contributed by atoms with Crippen LogP contribution in [0.4, 0.5) is 5.69 Å². The summed E-state index contributed by atoms with van der Waals surface area (Å²) < 4.78 is 26.8. The Morgan fingerprint density at radius 3 is 2.17 bits per heavy atom. The standard InChI is InChI=1S/C31H35Cl2N3O4S/c1-41(39,40)36(27-18-16-25(32)17-19-27)22-30(37)35(21-24-12-8-9-15-28(24)33)29(20-23-10-4-2-5-11-23)31(38)34-26-13-6-3-7-14-26/h2,4-5,8-12,15-19,26,29H,3,6-7,13-14,20-22H2,1H3,(H,34,38)/t29-/m1/s1. The second kappa shape index (κ2) is 14.2. The third kappa shape index (κ3) is 8.71. The molecule has 41 heavy (non-hydrogen) atoms. The highest BCUT2D eigenvalue weighted by atomic mass is 35.5. The van der Waals surface area contributed by atoms with E-state index in [0.717, 1.165) is 48.2 Å². The minimum atomic E-state index is -3.85. The number of rotatable bonds is 11. The summed E-state index contributed by atoms with van der Waals surface area (Å²) in [5, 5.41) is 4.08. The molecule has 3 aromatic rings. The minimum absolute atomic E-state index is 0.0340. The summed E-state index contributed by atoms with van der Waals surface area (Å²) in [6.07, 6.45) is 6.31. The van der Waals surface area contributed by atoms with Gasteiger partial charge in [-0.15, -0.1) is 0 Å². The number of nitrogens with zero attached hydrogens (tertiary/aromatic N) is 2. The van der Waals surface area contributed by atoms with Crippen LogP contribution in [-0.4, -0.2) is 50.0 Å². The normalized spacial score (nSPS) is 14.7. The average Bonchev–Trinajstić information content (AvgIpc) is 2.95. The maximum atomic E-state index is 14.2. The minimum Gasteiger partial charge on any atom is -0.352 e. The lowest BCUT2D eigenvalue weighted by molar-refractivity contribution is -0.140. The van der Waals surface area contributed by atoms with Gasteiger partial charge in [0.2, 0.25) is 21.8 Å². The molecule has 0 bridgehead atoms. The Hall–Kier alpha value is -3.07. The first-order valence-corrected chi connectivity index (χ1v) is 16.3. The van der Waals surface area contributed by atoms with Gasteiger partial charge in [0, 0.05) is 29.1 Å². The van der Waals surface area contributed by atoms with E-state index in [1.54, 1.807) is 42.5 Å². The van der Waals surface area contributed by atoms with Gasteiger partial charge in [0.05, 0.1) is 11.9 Å². The van der Waals surface area contributed by atoms with E-state index in [1.165, 1.54) is 4.90 Å². The van der Waals surface area contributed by atoms with Crippen molar-refractivity contribution >= 4 is 50.7 Å². The summed E-state index contributed by atoms with van der Waals surface area (Å²) in [5.74, 6) is -0.788. The lowest BCUT2D eigenvalue weighted by atomic mass is 9.94. The van der Waals surface area contributed by atoms with Gasteiger partial charge >= 0.3 is 0 Å². The SMILES string of the molecule is CS(=O)(=O)N(CC(=O)N(Cc1ccccc1Cl)[C@H](Cc1ccccc1)C(=O)NC1CCCCC1)c1ccc(Cl)cc1. The van der Waals surface area contributed by atoms with Gasteiger partial charge in [-0.2, -0.15) is 0 Å². The molecule has 1 saturated carbocycles. The van der Waals surface area contributed by atoms with Gasteiger partial charge in [-0.1, -0.05) is 91.0 Å². The van der Waals surface area contributed by atoms with Crippen molar-refractivity contribution in [3.05, 3.63) is 100 Å².